The van der Waals surface area contributed by atoms with Crippen LogP contribution in [0.25, 0.3) is 0 Å². The summed E-state index contributed by atoms with van der Waals surface area (Å²) in [7, 11) is 0. The summed E-state index contributed by atoms with van der Waals surface area (Å²) in [4.78, 5) is 4.50. The van der Waals surface area contributed by atoms with Crippen molar-refractivity contribution >= 4 is 53.1 Å². The van der Waals surface area contributed by atoms with Crippen LogP contribution in [-0.2, 0) is 0 Å². The number of benzene rings is 1. The molecular formula is C16H24Cl2IN3O. The lowest BCUT2D eigenvalue weighted by molar-refractivity contribution is -0.0236. The van der Waals surface area contributed by atoms with E-state index in [-0.39, 0.29) is 30.0 Å². The van der Waals surface area contributed by atoms with Gasteiger partial charge in [-0.15, -0.1) is 24.0 Å². The van der Waals surface area contributed by atoms with Crippen LogP contribution in [0.5, 0.6) is 0 Å². The molecule has 3 N–H and O–H groups in total. The zero-order valence-electron chi connectivity index (χ0n) is 13.4. The minimum Gasteiger partial charge on any atom is -0.388 e. The van der Waals surface area contributed by atoms with Crippen molar-refractivity contribution in [3.05, 3.63) is 33.8 Å². The molecule has 4 nitrogen and oxygen atoms in total. The van der Waals surface area contributed by atoms with E-state index >= 15 is 0 Å². The number of aliphatic imine (C=N–C) groups is 1. The van der Waals surface area contributed by atoms with Crippen LogP contribution in [0, 0.1) is 0 Å². The Hall–Kier alpha value is -0.240. The zero-order valence-corrected chi connectivity index (χ0v) is 17.2. The summed E-state index contributed by atoms with van der Waals surface area (Å²) in [5, 5.41) is 17.8. The maximum atomic E-state index is 10.2. The summed E-state index contributed by atoms with van der Waals surface area (Å²) in [5.41, 5.74) is 0.414. The normalized spacial score (nSPS) is 17.7. The topological polar surface area (TPSA) is 56.7 Å². The second-order valence-electron chi connectivity index (χ2n) is 5.81. The summed E-state index contributed by atoms with van der Waals surface area (Å²) in [6.45, 7) is 5.23. The van der Waals surface area contributed by atoms with Crippen LogP contribution >= 0.6 is 47.2 Å². The first-order valence-corrected chi connectivity index (χ1v) is 8.41. The molecular weight excluding hydrogens is 448 g/mol. The van der Waals surface area contributed by atoms with E-state index in [1.807, 2.05) is 26.0 Å². The fourth-order valence-corrected chi connectivity index (χ4v) is 2.67. The molecule has 130 valence electrons. The molecule has 1 fully saturated rings. The molecule has 0 spiro atoms. The maximum Gasteiger partial charge on any atom is 0.191 e. The quantitative estimate of drug-likeness (QED) is 0.343. The Morgan fingerprint density at radius 2 is 2.04 bits per heavy atom. The third-order valence-electron chi connectivity index (χ3n) is 3.96. The minimum absolute atomic E-state index is 0. The summed E-state index contributed by atoms with van der Waals surface area (Å²) in [5.74, 6) is 0.696. The second kappa shape index (κ2) is 9.30. The number of rotatable bonds is 5. The first kappa shape index (κ1) is 20.8. The molecule has 1 saturated carbocycles. The number of guanidine groups is 1. The van der Waals surface area contributed by atoms with E-state index in [0.717, 1.165) is 31.4 Å². The first-order valence-electron chi connectivity index (χ1n) is 7.66. The molecule has 0 heterocycles. The molecule has 0 amide bonds. The van der Waals surface area contributed by atoms with Crippen molar-refractivity contribution in [2.24, 2.45) is 4.99 Å². The van der Waals surface area contributed by atoms with Gasteiger partial charge in [-0.25, -0.2) is 0 Å². The number of nitrogens with one attached hydrogen (secondary N) is 2. The van der Waals surface area contributed by atoms with Crippen molar-refractivity contribution in [1.29, 1.82) is 0 Å². The van der Waals surface area contributed by atoms with Gasteiger partial charge in [-0.1, -0.05) is 29.3 Å². The first-order chi connectivity index (χ1) is 10.4. The standard InChI is InChI=1S/C16H23Cl2N3O.HI/c1-3-19-15(20-10-16(22)7-4-8-16)21-11(2)12-5-6-13(17)14(18)9-12;/h5-6,9,11,22H,3-4,7-8,10H2,1-2H3,(H2,19,20,21);1H. The molecule has 1 atom stereocenters. The van der Waals surface area contributed by atoms with Gasteiger partial charge in [0.1, 0.15) is 0 Å². The van der Waals surface area contributed by atoms with Gasteiger partial charge in [0.05, 0.1) is 28.2 Å². The number of hydrogen-bond donors (Lipinski definition) is 3. The van der Waals surface area contributed by atoms with E-state index in [9.17, 15) is 5.11 Å². The minimum atomic E-state index is -0.616. The molecule has 1 aliphatic rings. The predicted octanol–water partition coefficient (Wildman–Crippen LogP) is 4.14. The Kier molecular flexibility index (Phi) is 8.41. The van der Waals surface area contributed by atoms with Gasteiger partial charge < -0.3 is 15.7 Å². The number of aliphatic hydroxyl groups is 1. The Labute approximate surface area is 165 Å². The number of halogens is 3. The Balaban J connectivity index is 0.00000264. The monoisotopic (exact) mass is 471 g/mol. The van der Waals surface area contributed by atoms with Crippen molar-refractivity contribution in [3.8, 4) is 0 Å². The second-order valence-corrected chi connectivity index (χ2v) is 6.63. The van der Waals surface area contributed by atoms with Crippen molar-refractivity contribution in [3.63, 3.8) is 0 Å². The predicted molar refractivity (Wildman–Crippen MR) is 108 cm³/mol. The molecule has 23 heavy (non-hydrogen) atoms. The summed E-state index contributed by atoms with van der Waals surface area (Å²) in [6.07, 6.45) is 2.74. The van der Waals surface area contributed by atoms with Crippen LogP contribution < -0.4 is 10.6 Å². The van der Waals surface area contributed by atoms with Crippen LogP contribution in [0.1, 0.15) is 44.7 Å². The van der Waals surface area contributed by atoms with Gasteiger partial charge in [0.2, 0.25) is 0 Å². The maximum absolute atomic E-state index is 10.2. The molecule has 0 aliphatic heterocycles. The number of nitrogens with zero attached hydrogens (tertiary/aromatic N) is 1. The van der Waals surface area contributed by atoms with Crippen LogP contribution in [0.4, 0.5) is 0 Å². The zero-order chi connectivity index (χ0) is 16.2. The van der Waals surface area contributed by atoms with Gasteiger partial charge in [0.15, 0.2) is 5.96 Å². The van der Waals surface area contributed by atoms with E-state index in [0.29, 0.717) is 22.5 Å². The molecule has 0 radical (unpaired) electrons. The van der Waals surface area contributed by atoms with Crippen molar-refractivity contribution < 1.29 is 5.11 Å². The van der Waals surface area contributed by atoms with Gasteiger partial charge in [0, 0.05) is 6.54 Å². The summed E-state index contributed by atoms with van der Waals surface area (Å²) in [6, 6.07) is 5.61. The van der Waals surface area contributed by atoms with E-state index < -0.39 is 5.60 Å². The highest BCUT2D eigenvalue weighted by atomic mass is 127. The van der Waals surface area contributed by atoms with Crippen molar-refractivity contribution in [2.75, 3.05) is 13.1 Å². The highest BCUT2D eigenvalue weighted by Gasteiger charge is 2.34. The Bertz CT molecular complexity index is 550. The van der Waals surface area contributed by atoms with Gasteiger partial charge >= 0.3 is 0 Å². The smallest absolute Gasteiger partial charge is 0.191 e. The summed E-state index contributed by atoms with van der Waals surface area (Å²) < 4.78 is 0. The third kappa shape index (κ3) is 5.96. The number of hydrogen-bond acceptors (Lipinski definition) is 2. The average molecular weight is 472 g/mol. The Morgan fingerprint density at radius 3 is 2.57 bits per heavy atom. The van der Waals surface area contributed by atoms with Gasteiger partial charge in [-0.3, -0.25) is 4.99 Å². The van der Waals surface area contributed by atoms with E-state index in [1.165, 1.54) is 0 Å². The van der Waals surface area contributed by atoms with Gasteiger partial charge in [-0.05, 0) is 50.8 Å². The Morgan fingerprint density at radius 1 is 1.35 bits per heavy atom. The van der Waals surface area contributed by atoms with Crippen LogP contribution in [0.2, 0.25) is 10.0 Å². The molecule has 2 rings (SSSR count). The lowest BCUT2D eigenvalue weighted by Gasteiger charge is -2.35. The van der Waals surface area contributed by atoms with E-state index in [1.54, 1.807) is 6.07 Å². The largest absolute Gasteiger partial charge is 0.388 e. The lowest BCUT2D eigenvalue weighted by atomic mass is 9.80. The van der Waals surface area contributed by atoms with Crippen molar-refractivity contribution in [2.45, 2.75) is 44.8 Å². The van der Waals surface area contributed by atoms with Gasteiger partial charge in [-0.2, -0.15) is 0 Å². The average Bonchev–Trinajstić information content (AvgIpc) is 2.45. The highest BCUT2D eigenvalue weighted by molar-refractivity contribution is 14.0. The molecule has 1 aliphatic carbocycles. The molecule has 1 aromatic carbocycles. The van der Waals surface area contributed by atoms with Crippen molar-refractivity contribution in [1.82, 2.24) is 10.6 Å². The van der Waals surface area contributed by atoms with Crippen LogP contribution in [0.15, 0.2) is 23.2 Å². The van der Waals surface area contributed by atoms with Gasteiger partial charge in [0.25, 0.3) is 0 Å². The molecule has 0 aromatic heterocycles. The lowest BCUT2D eigenvalue weighted by Crippen LogP contribution is -2.43. The molecule has 1 unspecified atom stereocenters. The summed E-state index contributed by atoms with van der Waals surface area (Å²) >= 11 is 12.0. The molecule has 1 aromatic rings. The third-order valence-corrected chi connectivity index (χ3v) is 4.70. The van der Waals surface area contributed by atoms with Crippen LogP contribution in [0.3, 0.4) is 0 Å². The fourth-order valence-electron chi connectivity index (χ4n) is 2.36. The highest BCUT2D eigenvalue weighted by Crippen LogP contribution is 2.31. The van der Waals surface area contributed by atoms with Crippen LogP contribution in [-0.4, -0.2) is 29.8 Å². The van der Waals surface area contributed by atoms with E-state index in [4.69, 9.17) is 23.2 Å². The molecule has 0 saturated heterocycles. The molecule has 7 heteroatoms. The molecule has 0 bridgehead atoms. The fraction of sp³-hybridized carbons (Fsp3) is 0.562. The van der Waals surface area contributed by atoms with E-state index in [2.05, 4.69) is 15.6 Å². The SMILES string of the molecule is CCNC(=NCC1(O)CCC1)NC(C)c1ccc(Cl)c(Cl)c1.I.